The maximum Gasteiger partial charge on any atom is 0.253 e. The van der Waals surface area contributed by atoms with Crippen molar-refractivity contribution in [1.29, 1.82) is 0 Å². The Morgan fingerprint density at radius 3 is 2.26 bits per heavy atom. The fraction of sp³-hybridized carbons (Fsp3) is 0.588. The molecule has 1 aromatic carbocycles. The molecule has 5 nitrogen and oxygen atoms in total. The van der Waals surface area contributed by atoms with E-state index in [-0.39, 0.29) is 28.8 Å². The van der Waals surface area contributed by atoms with Gasteiger partial charge in [-0.05, 0) is 43.9 Å². The molecule has 0 heterocycles. The number of nitrogens with zero attached hydrogens (tertiary/aromatic N) is 2. The third-order valence-electron chi connectivity index (χ3n) is 4.34. The molecular formula is C17H26N2O3S. The van der Waals surface area contributed by atoms with E-state index in [2.05, 4.69) is 0 Å². The van der Waals surface area contributed by atoms with Gasteiger partial charge in [-0.25, -0.2) is 8.42 Å². The second-order valence-electron chi connectivity index (χ2n) is 6.78. The van der Waals surface area contributed by atoms with Crippen molar-refractivity contribution in [1.82, 2.24) is 9.21 Å². The highest BCUT2D eigenvalue weighted by Gasteiger charge is 2.42. The summed E-state index contributed by atoms with van der Waals surface area (Å²) in [6.45, 7) is 6.01. The normalized spacial score (nSPS) is 16.7. The van der Waals surface area contributed by atoms with Gasteiger partial charge in [0.1, 0.15) is 0 Å². The summed E-state index contributed by atoms with van der Waals surface area (Å²) in [5, 5.41) is 0. The summed E-state index contributed by atoms with van der Waals surface area (Å²) < 4.78 is 27.8. The third kappa shape index (κ3) is 3.75. The molecule has 1 aliphatic carbocycles. The van der Waals surface area contributed by atoms with E-state index in [4.69, 9.17) is 0 Å². The highest BCUT2D eigenvalue weighted by Crippen LogP contribution is 2.35. The van der Waals surface area contributed by atoms with Crippen molar-refractivity contribution >= 4 is 15.9 Å². The topological polar surface area (TPSA) is 57.7 Å². The zero-order chi connectivity index (χ0) is 17.4. The molecule has 23 heavy (non-hydrogen) atoms. The molecule has 0 aliphatic heterocycles. The molecule has 1 aliphatic rings. The van der Waals surface area contributed by atoms with E-state index < -0.39 is 10.0 Å². The quantitative estimate of drug-likeness (QED) is 0.801. The van der Waals surface area contributed by atoms with Gasteiger partial charge < -0.3 is 4.90 Å². The molecule has 6 heteroatoms. The first-order valence-corrected chi connectivity index (χ1v) is 9.45. The van der Waals surface area contributed by atoms with Crippen LogP contribution in [0.4, 0.5) is 0 Å². The maximum absolute atomic E-state index is 13.1. The Bertz CT molecular complexity index is 679. The highest BCUT2D eigenvalue weighted by molar-refractivity contribution is 7.89. The number of sulfonamides is 1. The highest BCUT2D eigenvalue weighted by atomic mass is 32.2. The van der Waals surface area contributed by atoms with Crippen LogP contribution in [0.3, 0.4) is 0 Å². The first-order valence-electron chi connectivity index (χ1n) is 8.01. The molecular weight excluding hydrogens is 312 g/mol. The summed E-state index contributed by atoms with van der Waals surface area (Å²) in [5.41, 5.74) is 0.393. The van der Waals surface area contributed by atoms with Gasteiger partial charge in [-0.1, -0.05) is 19.9 Å². The average Bonchev–Trinajstić information content (AvgIpc) is 3.30. The lowest BCUT2D eigenvalue weighted by Crippen LogP contribution is -2.43. The first-order chi connectivity index (χ1) is 10.7. The second kappa shape index (κ2) is 6.61. The van der Waals surface area contributed by atoms with Crippen LogP contribution in [0.1, 0.15) is 44.0 Å². The average molecular weight is 338 g/mol. The molecule has 1 aromatic rings. The number of amides is 1. The molecule has 1 unspecified atom stereocenters. The summed E-state index contributed by atoms with van der Waals surface area (Å²) in [5.74, 6) is 0.0360. The molecule has 128 valence electrons. The number of rotatable bonds is 6. The van der Waals surface area contributed by atoms with Crippen LogP contribution in [0.25, 0.3) is 0 Å². The number of hydrogen-bond donors (Lipinski definition) is 0. The molecule has 2 rings (SSSR count). The Labute approximate surface area is 139 Å². The van der Waals surface area contributed by atoms with Gasteiger partial charge in [-0.15, -0.1) is 0 Å². The van der Waals surface area contributed by atoms with E-state index in [9.17, 15) is 13.2 Å². The van der Waals surface area contributed by atoms with Crippen LogP contribution in [0.2, 0.25) is 0 Å². The van der Waals surface area contributed by atoms with E-state index in [0.717, 1.165) is 12.8 Å². The van der Waals surface area contributed by atoms with Gasteiger partial charge in [0.05, 0.1) is 4.90 Å². The summed E-state index contributed by atoms with van der Waals surface area (Å²) >= 11 is 0. The Morgan fingerprint density at radius 2 is 1.78 bits per heavy atom. The van der Waals surface area contributed by atoms with Crippen LogP contribution < -0.4 is 0 Å². The van der Waals surface area contributed by atoms with Crippen molar-refractivity contribution in [2.75, 3.05) is 14.1 Å². The van der Waals surface area contributed by atoms with Gasteiger partial charge in [0.2, 0.25) is 10.0 Å². The smallest absolute Gasteiger partial charge is 0.253 e. The van der Waals surface area contributed by atoms with Crippen molar-refractivity contribution in [2.45, 2.75) is 50.6 Å². The van der Waals surface area contributed by atoms with Gasteiger partial charge in [0.15, 0.2) is 0 Å². The van der Waals surface area contributed by atoms with E-state index in [1.54, 1.807) is 36.6 Å². The molecule has 0 bridgehead atoms. The van der Waals surface area contributed by atoms with Gasteiger partial charge in [-0.2, -0.15) is 4.31 Å². The standard InChI is InChI=1S/C17H26N2O3S/c1-12(2)13(3)19(15-9-10-15)23(21,22)16-8-6-7-14(11-16)17(20)18(4)5/h6-8,11-13,15H,9-10H2,1-5H3. The number of benzene rings is 1. The molecule has 1 fully saturated rings. The van der Waals surface area contributed by atoms with Gasteiger partial charge in [0.25, 0.3) is 5.91 Å². The second-order valence-corrected chi connectivity index (χ2v) is 8.62. The Hall–Kier alpha value is -1.40. The molecule has 1 amide bonds. The first kappa shape index (κ1) is 17.9. The van der Waals surface area contributed by atoms with Crippen LogP contribution in [0, 0.1) is 5.92 Å². The predicted octanol–water partition coefficient (Wildman–Crippen LogP) is 2.59. The van der Waals surface area contributed by atoms with Gasteiger partial charge in [-0.3, -0.25) is 4.79 Å². The molecule has 0 aromatic heterocycles. The Kier molecular flexibility index (Phi) is 5.16. The van der Waals surface area contributed by atoms with Crippen LogP contribution in [0.5, 0.6) is 0 Å². The predicted molar refractivity (Wildman–Crippen MR) is 90.8 cm³/mol. The monoisotopic (exact) mass is 338 g/mol. The van der Waals surface area contributed by atoms with Crippen molar-refractivity contribution in [3.8, 4) is 0 Å². The van der Waals surface area contributed by atoms with Crippen LogP contribution in [0.15, 0.2) is 29.2 Å². The minimum atomic E-state index is -3.60. The van der Waals surface area contributed by atoms with E-state index in [1.807, 2.05) is 20.8 Å². The Morgan fingerprint density at radius 1 is 1.17 bits per heavy atom. The van der Waals surface area contributed by atoms with Crippen LogP contribution >= 0.6 is 0 Å². The van der Waals surface area contributed by atoms with E-state index in [0.29, 0.717) is 5.56 Å². The Balaban J connectivity index is 2.42. The molecule has 0 saturated heterocycles. The van der Waals surface area contributed by atoms with E-state index >= 15 is 0 Å². The van der Waals surface area contributed by atoms with Crippen LogP contribution in [-0.2, 0) is 10.0 Å². The summed E-state index contributed by atoms with van der Waals surface area (Å²) in [4.78, 5) is 13.7. The van der Waals surface area contributed by atoms with Crippen molar-refractivity contribution in [3.05, 3.63) is 29.8 Å². The molecule has 1 atom stereocenters. The zero-order valence-electron chi connectivity index (χ0n) is 14.5. The lowest BCUT2D eigenvalue weighted by atomic mass is 10.1. The molecule has 0 spiro atoms. The number of carbonyl (C=O) groups excluding carboxylic acids is 1. The summed E-state index contributed by atoms with van der Waals surface area (Å²) in [6.07, 6.45) is 1.82. The van der Waals surface area contributed by atoms with E-state index in [1.165, 1.54) is 11.0 Å². The third-order valence-corrected chi connectivity index (χ3v) is 6.37. The molecule has 0 N–H and O–H groups in total. The minimum Gasteiger partial charge on any atom is -0.345 e. The SMILES string of the molecule is CC(C)C(C)N(C1CC1)S(=O)(=O)c1cccc(C(=O)N(C)C)c1. The maximum atomic E-state index is 13.1. The number of carbonyl (C=O) groups is 1. The number of hydrogen-bond acceptors (Lipinski definition) is 3. The summed E-state index contributed by atoms with van der Waals surface area (Å²) in [6, 6.07) is 6.36. The van der Waals surface area contributed by atoms with Crippen molar-refractivity contribution in [3.63, 3.8) is 0 Å². The van der Waals surface area contributed by atoms with Gasteiger partial charge in [0, 0.05) is 31.7 Å². The zero-order valence-corrected chi connectivity index (χ0v) is 15.3. The molecule has 1 saturated carbocycles. The largest absolute Gasteiger partial charge is 0.345 e. The van der Waals surface area contributed by atoms with Crippen molar-refractivity contribution < 1.29 is 13.2 Å². The van der Waals surface area contributed by atoms with Gasteiger partial charge >= 0.3 is 0 Å². The fourth-order valence-electron chi connectivity index (χ4n) is 2.54. The van der Waals surface area contributed by atoms with Crippen LogP contribution in [-0.4, -0.2) is 49.7 Å². The molecule has 0 radical (unpaired) electrons. The minimum absolute atomic E-state index is 0.0688. The fourth-order valence-corrected chi connectivity index (χ4v) is 4.59. The lowest BCUT2D eigenvalue weighted by Gasteiger charge is -2.31. The lowest BCUT2D eigenvalue weighted by molar-refractivity contribution is 0.0827. The van der Waals surface area contributed by atoms with Crippen molar-refractivity contribution in [2.24, 2.45) is 5.92 Å². The summed E-state index contributed by atoms with van der Waals surface area (Å²) in [7, 11) is -0.294.